The zero-order valence-electron chi connectivity index (χ0n) is 19.5. The summed E-state index contributed by atoms with van der Waals surface area (Å²) < 4.78 is 10.4. The van der Waals surface area contributed by atoms with E-state index in [1.165, 1.54) is 35.1 Å². The zero-order valence-corrected chi connectivity index (χ0v) is 22.0. The van der Waals surface area contributed by atoms with Crippen LogP contribution in [0.4, 0.5) is 0 Å². The fourth-order valence-electron chi connectivity index (χ4n) is 3.85. The highest BCUT2D eigenvalue weighted by molar-refractivity contribution is 8.01. The van der Waals surface area contributed by atoms with Gasteiger partial charge in [-0.3, -0.25) is 9.59 Å². The van der Waals surface area contributed by atoms with Crippen molar-refractivity contribution < 1.29 is 19.1 Å². The first kappa shape index (κ1) is 26.5. The molecule has 3 rings (SSSR count). The Labute approximate surface area is 212 Å². The van der Waals surface area contributed by atoms with Crippen LogP contribution in [0.3, 0.4) is 0 Å². The summed E-state index contributed by atoms with van der Waals surface area (Å²) in [5.74, 6) is -1.20. The summed E-state index contributed by atoms with van der Waals surface area (Å²) in [7, 11) is 0. The van der Waals surface area contributed by atoms with Gasteiger partial charge in [0.1, 0.15) is 16.6 Å². The molecule has 1 aliphatic rings. The molecule has 2 amide bonds. The number of aromatic nitrogens is 1. The lowest BCUT2D eigenvalue weighted by molar-refractivity contribution is -0.148. The van der Waals surface area contributed by atoms with Crippen LogP contribution in [0, 0.1) is 0 Å². The van der Waals surface area contributed by atoms with E-state index in [1.54, 1.807) is 6.92 Å². The average molecular weight is 523 g/mol. The highest BCUT2D eigenvalue weighted by atomic mass is 32.2. The quantitative estimate of drug-likeness (QED) is 0.323. The minimum absolute atomic E-state index is 0.214. The number of thioether (sulfide) groups is 2. The molecule has 1 aliphatic heterocycles. The Bertz CT molecular complexity index is 972. The van der Waals surface area contributed by atoms with Crippen molar-refractivity contribution in [3.8, 4) is 0 Å². The summed E-state index contributed by atoms with van der Waals surface area (Å²) in [6.45, 7) is 3.09. The van der Waals surface area contributed by atoms with Gasteiger partial charge in [0, 0.05) is 6.42 Å². The SMILES string of the molecule is CCOC(=O)C(Cc1ccccc1)NC(=O)C1(NC(=O)c2c(SC)nsc2SC)CCNCC1. The lowest BCUT2D eigenvalue weighted by Gasteiger charge is -2.37. The van der Waals surface area contributed by atoms with Gasteiger partial charge in [-0.1, -0.05) is 30.3 Å². The molecular weight excluding hydrogens is 492 g/mol. The molecule has 1 unspecified atom stereocenters. The number of hydrogen-bond donors (Lipinski definition) is 3. The number of nitrogens with one attached hydrogen (secondary N) is 3. The third-order valence-corrected chi connectivity index (χ3v) is 8.38. The Hall–Kier alpha value is -2.08. The molecule has 34 heavy (non-hydrogen) atoms. The first-order valence-corrected chi connectivity index (χ1v) is 14.3. The van der Waals surface area contributed by atoms with Crippen LogP contribution >= 0.6 is 35.1 Å². The van der Waals surface area contributed by atoms with Gasteiger partial charge < -0.3 is 20.7 Å². The predicted octanol–water partition coefficient (Wildman–Crippen LogP) is 2.73. The largest absolute Gasteiger partial charge is 0.464 e. The molecule has 0 saturated carbocycles. The Morgan fingerprint density at radius 1 is 1.18 bits per heavy atom. The van der Waals surface area contributed by atoms with Crippen LogP contribution in [-0.4, -0.2) is 65.9 Å². The molecule has 1 aromatic heterocycles. The molecular formula is C23H30N4O4S3. The highest BCUT2D eigenvalue weighted by Crippen LogP contribution is 2.33. The van der Waals surface area contributed by atoms with Crippen LogP contribution in [-0.2, 0) is 20.7 Å². The van der Waals surface area contributed by atoms with Crippen molar-refractivity contribution in [3.05, 3.63) is 41.5 Å². The lowest BCUT2D eigenvalue weighted by atomic mass is 9.86. The van der Waals surface area contributed by atoms with E-state index in [-0.39, 0.29) is 18.4 Å². The Balaban J connectivity index is 1.85. The topological polar surface area (TPSA) is 109 Å². The number of esters is 1. The third kappa shape index (κ3) is 6.32. The average Bonchev–Trinajstić information content (AvgIpc) is 3.28. The number of ether oxygens (including phenoxy) is 1. The number of benzene rings is 1. The molecule has 1 saturated heterocycles. The minimum Gasteiger partial charge on any atom is -0.464 e. The van der Waals surface area contributed by atoms with E-state index in [4.69, 9.17) is 4.74 Å². The molecule has 0 spiro atoms. The monoisotopic (exact) mass is 522 g/mol. The van der Waals surface area contributed by atoms with E-state index in [9.17, 15) is 14.4 Å². The van der Waals surface area contributed by atoms with Gasteiger partial charge in [-0.15, -0.1) is 23.5 Å². The predicted molar refractivity (Wildman–Crippen MR) is 137 cm³/mol. The zero-order chi connectivity index (χ0) is 24.6. The molecule has 0 radical (unpaired) electrons. The first-order chi connectivity index (χ1) is 16.4. The van der Waals surface area contributed by atoms with Gasteiger partial charge in [0.05, 0.1) is 16.4 Å². The number of piperidine rings is 1. The second-order valence-electron chi connectivity index (χ2n) is 7.81. The molecule has 184 valence electrons. The van der Waals surface area contributed by atoms with Crippen molar-refractivity contribution in [1.82, 2.24) is 20.3 Å². The second kappa shape index (κ2) is 12.6. The number of carbonyl (C=O) groups is 3. The van der Waals surface area contributed by atoms with E-state index in [0.717, 1.165) is 9.77 Å². The summed E-state index contributed by atoms with van der Waals surface area (Å²) in [6.07, 6.45) is 4.89. The number of nitrogens with zero attached hydrogens (tertiary/aromatic N) is 1. The van der Waals surface area contributed by atoms with Gasteiger partial charge in [0.15, 0.2) is 0 Å². The van der Waals surface area contributed by atoms with Crippen LogP contribution in [0.2, 0.25) is 0 Å². The summed E-state index contributed by atoms with van der Waals surface area (Å²) in [5.41, 5.74) is 0.265. The van der Waals surface area contributed by atoms with Gasteiger partial charge in [0.2, 0.25) is 5.91 Å². The maximum absolute atomic E-state index is 13.7. The molecule has 8 nitrogen and oxygen atoms in total. The standard InChI is InChI=1S/C23H30N4O4S3/c1-4-31-20(29)16(14-15-8-6-5-7-9-15)25-22(30)23(10-12-24-13-11-23)26-18(28)17-19(32-2)27-34-21(17)33-3/h5-9,16,24H,4,10-14H2,1-3H3,(H,25,30)(H,26,28). The van der Waals surface area contributed by atoms with Gasteiger partial charge in [-0.2, -0.15) is 4.37 Å². The van der Waals surface area contributed by atoms with Crippen LogP contribution in [0.5, 0.6) is 0 Å². The lowest BCUT2D eigenvalue weighted by Crippen LogP contribution is -2.64. The number of rotatable bonds is 10. The Kier molecular flexibility index (Phi) is 9.81. The van der Waals surface area contributed by atoms with E-state index >= 15 is 0 Å². The third-order valence-electron chi connectivity index (χ3n) is 5.64. The van der Waals surface area contributed by atoms with Crippen molar-refractivity contribution in [1.29, 1.82) is 0 Å². The van der Waals surface area contributed by atoms with Gasteiger partial charge in [0.25, 0.3) is 5.91 Å². The van der Waals surface area contributed by atoms with Crippen LogP contribution in [0.1, 0.15) is 35.7 Å². The number of carbonyl (C=O) groups excluding carboxylic acids is 3. The molecule has 2 aromatic rings. The maximum atomic E-state index is 13.7. The first-order valence-electron chi connectivity index (χ1n) is 11.1. The van der Waals surface area contributed by atoms with Crippen molar-refractivity contribution in [2.75, 3.05) is 32.2 Å². The van der Waals surface area contributed by atoms with Crippen LogP contribution < -0.4 is 16.0 Å². The number of amides is 2. The molecule has 2 heterocycles. The summed E-state index contributed by atoms with van der Waals surface area (Å²) >= 11 is 4.14. The van der Waals surface area contributed by atoms with Gasteiger partial charge in [-0.25, -0.2) is 4.79 Å². The van der Waals surface area contributed by atoms with Crippen LogP contribution in [0.15, 0.2) is 39.6 Å². The Morgan fingerprint density at radius 2 is 1.88 bits per heavy atom. The fraction of sp³-hybridized carbons (Fsp3) is 0.478. The van der Waals surface area contributed by atoms with E-state index < -0.39 is 17.6 Å². The molecule has 1 fully saturated rings. The van der Waals surface area contributed by atoms with Gasteiger partial charge in [-0.05, 0) is 62.5 Å². The highest BCUT2D eigenvalue weighted by Gasteiger charge is 2.43. The smallest absolute Gasteiger partial charge is 0.328 e. The number of hydrogen-bond acceptors (Lipinski definition) is 9. The van der Waals surface area contributed by atoms with E-state index in [0.29, 0.717) is 42.9 Å². The summed E-state index contributed by atoms with van der Waals surface area (Å²) in [5, 5.41) is 9.80. The Morgan fingerprint density at radius 3 is 2.50 bits per heavy atom. The minimum atomic E-state index is -1.14. The molecule has 1 atom stereocenters. The molecule has 11 heteroatoms. The van der Waals surface area contributed by atoms with Gasteiger partial charge >= 0.3 is 5.97 Å². The van der Waals surface area contributed by atoms with Crippen molar-refractivity contribution in [2.45, 2.75) is 47.0 Å². The van der Waals surface area contributed by atoms with Crippen LogP contribution in [0.25, 0.3) is 0 Å². The normalized spacial score (nSPS) is 15.9. The maximum Gasteiger partial charge on any atom is 0.328 e. The molecule has 0 bridgehead atoms. The van der Waals surface area contributed by atoms with Crippen molar-refractivity contribution >= 4 is 52.8 Å². The fourth-order valence-corrected chi connectivity index (χ4v) is 6.13. The summed E-state index contributed by atoms with van der Waals surface area (Å²) in [6, 6.07) is 8.61. The van der Waals surface area contributed by atoms with Crippen molar-refractivity contribution in [2.24, 2.45) is 0 Å². The van der Waals surface area contributed by atoms with E-state index in [1.807, 2.05) is 42.8 Å². The molecule has 1 aromatic carbocycles. The van der Waals surface area contributed by atoms with E-state index in [2.05, 4.69) is 20.3 Å². The summed E-state index contributed by atoms with van der Waals surface area (Å²) in [4.78, 5) is 39.7. The molecule has 3 N–H and O–H groups in total. The van der Waals surface area contributed by atoms with Crippen molar-refractivity contribution in [3.63, 3.8) is 0 Å². The molecule has 0 aliphatic carbocycles. The second-order valence-corrected chi connectivity index (χ2v) is 10.5.